The first-order valence-electron chi connectivity index (χ1n) is 3.53. The number of nitrogens with one attached hydrogen (secondary N) is 1. The highest BCUT2D eigenvalue weighted by Gasteiger charge is 2.26. The van der Waals surface area contributed by atoms with Gasteiger partial charge < -0.3 is 20.2 Å². The fraction of sp³-hybridized carbons (Fsp3) is 0.286. The summed E-state index contributed by atoms with van der Waals surface area (Å²) in [6.07, 6.45) is -0.525. The summed E-state index contributed by atoms with van der Waals surface area (Å²) >= 11 is 0. The van der Waals surface area contributed by atoms with Crippen LogP contribution in [-0.4, -0.2) is 12.0 Å². The van der Waals surface area contributed by atoms with Gasteiger partial charge in [-0.1, -0.05) is 0 Å². The molecule has 1 unspecified atom stereocenters. The lowest BCUT2D eigenvalue weighted by Gasteiger charge is -2.17. The van der Waals surface area contributed by atoms with Crippen LogP contribution in [0.2, 0.25) is 0 Å². The normalized spacial score (nSPS) is 21.1. The van der Waals surface area contributed by atoms with Gasteiger partial charge in [0.25, 0.3) is 5.91 Å². The second kappa shape index (κ2) is 2.17. The molecule has 0 bridgehead atoms. The Kier molecular flexibility index (Phi) is 1.27. The molecule has 3 N–H and O–H groups in total. The van der Waals surface area contributed by atoms with Crippen molar-refractivity contribution in [2.75, 3.05) is 11.1 Å². The van der Waals surface area contributed by atoms with Crippen LogP contribution in [0.15, 0.2) is 10.5 Å². The van der Waals surface area contributed by atoms with Crippen LogP contribution >= 0.6 is 0 Å². The molecule has 2 rings (SSSR count). The van der Waals surface area contributed by atoms with Crippen molar-refractivity contribution in [3.63, 3.8) is 0 Å². The molecule has 0 saturated carbocycles. The Morgan fingerprint density at radius 2 is 2.42 bits per heavy atom. The van der Waals surface area contributed by atoms with Crippen LogP contribution < -0.4 is 15.8 Å². The second-order valence-electron chi connectivity index (χ2n) is 2.60. The van der Waals surface area contributed by atoms with E-state index in [4.69, 9.17) is 14.9 Å². The average Bonchev–Trinajstić information content (AvgIpc) is 2.30. The van der Waals surface area contributed by atoms with Crippen LogP contribution in [-0.2, 0) is 4.79 Å². The first-order chi connectivity index (χ1) is 5.66. The van der Waals surface area contributed by atoms with Crippen molar-refractivity contribution in [1.29, 1.82) is 0 Å². The third kappa shape index (κ3) is 0.903. The van der Waals surface area contributed by atoms with E-state index in [-0.39, 0.29) is 17.7 Å². The van der Waals surface area contributed by atoms with Crippen molar-refractivity contribution in [2.45, 2.75) is 13.0 Å². The van der Waals surface area contributed by atoms with Gasteiger partial charge in [-0.05, 0) is 6.92 Å². The number of carbonyl (C=O) groups is 1. The Balaban J connectivity index is 2.39. The summed E-state index contributed by atoms with van der Waals surface area (Å²) in [6.45, 7) is 1.64. The van der Waals surface area contributed by atoms with Crippen molar-refractivity contribution in [3.8, 4) is 5.95 Å². The highest BCUT2D eigenvalue weighted by Crippen LogP contribution is 2.34. The van der Waals surface area contributed by atoms with Gasteiger partial charge in [0.15, 0.2) is 12.0 Å². The lowest BCUT2D eigenvalue weighted by Crippen LogP contribution is -2.33. The summed E-state index contributed by atoms with van der Waals surface area (Å²) in [6, 6.07) is 1.51. The number of carbonyl (C=O) groups excluding carboxylic acids is 1. The number of hydrogen-bond donors (Lipinski definition) is 2. The zero-order valence-corrected chi connectivity index (χ0v) is 6.46. The van der Waals surface area contributed by atoms with Crippen LogP contribution in [0.1, 0.15) is 6.92 Å². The molecule has 1 aliphatic heterocycles. The molecule has 64 valence electrons. The lowest BCUT2D eigenvalue weighted by molar-refractivity contribution is -0.123. The highest BCUT2D eigenvalue weighted by molar-refractivity contribution is 5.97. The van der Waals surface area contributed by atoms with Crippen molar-refractivity contribution in [1.82, 2.24) is 0 Å². The molecule has 5 nitrogen and oxygen atoms in total. The molecule has 0 saturated heterocycles. The molecular weight excluding hydrogens is 160 g/mol. The number of amides is 1. The van der Waals surface area contributed by atoms with Crippen LogP contribution in [0, 0.1) is 0 Å². The van der Waals surface area contributed by atoms with Crippen molar-refractivity contribution in [3.05, 3.63) is 6.07 Å². The number of rotatable bonds is 0. The van der Waals surface area contributed by atoms with E-state index in [1.54, 1.807) is 6.92 Å². The zero-order chi connectivity index (χ0) is 8.72. The van der Waals surface area contributed by atoms with Gasteiger partial charge in [0.1, 0.15) is 5.69 Å². The van der Waals surface area contributed by atoms with Crippen LogP contribution in [0.4, 0.5) is 11.6 Å². The molecule has 1 aliphatic rings. The predicted octanol–water partition coefficient (Wildman–Crippen LogP) is 0.581. The Labute approximate surface area is 68.5 Å². The van der Waals surface area contributed by atoms with E-state index >= 15 is 0 Å². The number of furan rings is 1. The summed E-state index contributed by atoms with van der Waals surface area (Å²) < 4.78 is 10.1. The fourth-order valence-corrected chi connectivity index (χ4v) is 1.02. The topological polar surface area (TPSA) is 77.5 Å². The van der Waals surface area contributed by atoms with E-state index in [2.05, 4.69) is 5.32 Å². The van der Waals surface area contributed by atoms with Crippen molar-refractivity contribution < 1.29 is 13.9 Å². The quantitative estimate of drug-likeness (QED) is 0.594. The van der Waals surface area contributed by atoms with Gasteiger partial charge in [0.2, 0.25) is 0 Å². The molecule has 2 heterocycles. The van der Waals surface area contributed by atoms with Crippen molar-refractivity contribution >= 4 is 17.5 Å². The molecule has 1 aromatic rings. The zero-order valence-electron chi connectivity index (χ0n) is 6.46. The third-order valence-electron chi connectivity index (χ3n) is 1.63. The molecule has 12 heavy (non-hydrogen) atoms. The Morgan fingerprint density at radius 3 is 3.17 bits per heavy atom. The van der Waals surface area contributed by atoms with Crippen LogP contribution in [0.3, 0.4) is 0 Å². The van der Waals surface area contributed by atoms with E-state index in [0.29, 0.717) is 5.69 Å². The summed E-state index contributed by atoms with van der Waals surface area (Å²) in [5, 5.41) is 2.59. The standard InChI is InChI=1S/C7H8N2O3/c1-3-6(10)9-4-2-5(8)12-7(4)11-3/h2-3H,8H2,1H3,(H,9,10). The number of nitrogens with two attached hydrogens (primary N) is 1. The number of nitrogen functional groups attached to an aromatic ring is 1. The molecule has 0 aliphatic carbocycles. The van der Waals surface area contributed by atoms with Gasteiger partial charge in [-0.2, -0.15) is 0 Å². The molecular formula is C7H8N2O3. The molecule has 0 fully saturated rings. The predicted molar refractivity (Wildman–Crippen MR) is 41.8 cm³/mol. The maximum atomic E-state index is 11.0. The molecule has 0 radical (unpaired) electrons. The first-order valence-corrected chi connectivity index (χ1v) is 3.53. The summed E-state index contributed by atoms with van der Waals surface area (Å²) in [5.74, 6) is 0.317. The molecule has 1 aromatic heterocycles. The Morgan fingerprint density at radius 1 is 1.67 bits per heavy atom. The highest BCUT2D eigenvalue weighted by atomic mass is 16.6. The second-order valence-corrected chi connectivity index (χ2v) is 2.60. The van der Waals surface area contributed by atoms with Gasteiger partial charge >= 0.3 is 5.95 Å². The largest absolute Gasteiger partial charge is 0.450 e. The van der Waals surface area contributed by atoms with E-state index in [0.717, 1.165) is 0 Å². The summed E-state index contributed by atoms with van der Waals surface area (Å²) in [7, 11) is 0. The molecule has 5 heteroatoms. The maximum Gasteiger partial charge on any atom is 0.311 e. The lowest BCUT2D eigenvalue weighted by atomic mass is 10.3. The fourth-order valence-electron chi connectivity index (χ4n) is 1.02. The Bertz CT molecular complexity index is 331. The van der Waals surface area contributed by atoms with Gasteiger partial charge in [0, 0.05) is 6.07 Å². The van der Waals surface area contributed by atoms with E-state index < -0.39 is 6.10 Å². The molecule has 0 aromatic carbocycles. The monoisotopic (exact) mass is 168 g/mol. The maximum absolute atomic E-state index is 11.0. The summed E-state index contributed by atoms with van der Waals surface area (Å²) in [4.78, 5) is 11.0. The molecule has 1 atom stereocenters. The minimum Gasteiger partial charge on any atom is -0.450 e. The summed E-state index contributed by atoms with van der Waals surface area (Å²) in [5.41, 5.74) is 5.85. The van der Waals surface area contributed by atoms with Gasteiger partial charge in [-0.3, -0.25) is 4.79 Å². The third-order valence-corrected chi connectivity index (χ3v) is 1.63. The van der Waals surface area contributed by atoms with Gasteiger partial charge in [-0.15, -0.1) is 0 Å². The number of ether oxygens (including phenoxy) is 1. The number of hydrogen-bond acceptors (Lipinski definition) is 4. The Hall–Kier alpha value is -1.65. The SMILES string of the molecule is CC1Oc2oc(N)cc2NC1=O. The number of fused-ring (bicyclic) bond motifs is 1. The van der Waals surface area contributed by atoms with Gasteiger partial charge in [0.05, 0.1) is 0 Å². The van der Waals surface area contributed by atoms with E-state index in [9.17, 15) is 4.79 Å². The minimum absolute atomic E-state index is 0.191. The smallest absolute Gasteiger partial charge is 0.311 e. The van der Waals surface area contributed by atoms with Crippen LogP contribution in [0.25, 0.3) is 0 Å². The van der Waals surface area contributed by atoms with E-state index in [1.807, 2.05) is 0 Å². The van der Waals surface area contributed by atoms with Crippen molar-refractivity contribution in [2.24, 2.45) is 0 Å². The molecule has 1 amide bonds. The van der Waals surface area contributed by atoms with E-state index in [1.165, 1.54) is 6.07 Å². The first kappa shape index (κ1) is 7.02. The van der Waals surface area contributed by atoms with Gasteiger partial charge in [-0.25, -0.2) is 0 Å². The average molecular weight is 168 g/mol. The minimum atomic E-state index is -0.525. The molecule has 0 spiro atoms. The van der Waals surface area contributed by atoms with Crippen LogP contribution in [0.5, 0.6) is 5.95 Å². The number of anilines is 2.